The van der Waals surface area contributed by atoms with Crippen LogP contribution in [0.25, 0.3) is 0 Å². The van der Waals surface area contributed by atoms with Gasteiger partial charge in [0.1, 0.15) is 23.7 Å². The van der Waals surface area contributed by atoms with E-state index >= 15 is 0 Å². The summed E-state index contributed by atoms with van der Waals surface area (Å²) in [6.07, 6.45) is 0.467. The summed E-state index contributed by atoms with van der Waals surface area (Å²) < 4.78 is 0. The first-order valence-electron chi connectivity index (χ1n) is 21.9. The van der Waals surface area contributed by atoms with Crippen molar-refractivity contribution >= 4 is 58.6 Å². The normalized spacial score (nSPS) is 13.3. The molecule has 350 valence electrons. The number of nitrogens with two attached hydrogens (primary N) is 1. The Labute approximate surface area is 376 Å². The van der Waals surface area contributed by atoms with Crippen molar-refractivity contribution < 1.29 is 47.9 Å². The van der Waals surface area contributed by atoms with E-state index in [0.717, 1.165) is 11.1 Å². The van der Waals surface area contributed by atoms with Crippen molar-refractivity contribution in [3.8, 4) is 0 Å². The summed E-state index contributed by atoms with van der Waals surface area (Å²) in [7, 11) is 0. The third-order valence-corrected chi connectivity index (χ3v) is 10.0. The fraction of sp³-hybridized carbons (Fsp3) is 0.532. The molecule has 17 nitrogen and oxygen atoms in total. The van der Waals surface area contributed by atoms with Crippen LogP contribution in [0.15, 0.2) is 60.7 Å². The Morgan fingerprint density at radius 1 is 0.469 bits per heavy atom. The van der Waals surface area contributed by atoms with Crippen LogP contribution in [0.4, 0.5) is 0 Å². The SMILES string of the molecule is CC(=O)CCC(=O)C(CC(C)C)NC(=O)C(Cc1ccccc1)NC(=O)CNC(=O)CCC(N)C(=O)NCC(=O)NC(Cc1ccccc1)C(=O)NC(CC(C)C)C(=O)CCC(C)=O. The van der Waals surface area contributed by atoms with Crippen molar-refractivity contribution in [2.75, 3.05) is 13.1 Å². The maximum Gasteiger partial charge on any atom is 0.243 e. The first-order valence-corrected chi connectivity index (χ1v) is 21.9. The average molecular weight is 890 g/mol. The summed E-state index contributed by atoms with van der Waals surface area (Å²) >= 11 is 0. The van der Waals surface area contributed by atoms with Gasteiger partial charge in [-0.2, -0.15) is 0 Å². The monoisotopic (exact) mass is 889 g/mol. The summed E-state index contributed by atoms with van der Waals surface area (Å²) in [6.45, 7) is 9.29. The first kappa shape index (κ1) is 54.0. The Morgan fingerprint density at radius 3 is 1.23 bits per heavy atom. The van der Waals surface area contributed by atoms with Gasteiger partial charge in [0.25, 0.3) is 0 Å². The van der Waals surface area contributed by atoms with E-state index in [4.69, 9.17) is 5.73 Å². The van der Waals surface area contributed by atoms with Gasteiger partial charge in [0, 0.05) is 44.9 Å². The molecule has 0 aliphatic rings. The van der Waals surface area contributed by atoms with Crippen molar-refractivity contribution in [1.29, 1.82) is 0 Å². The minimum atomic E-state index is -1.22. The lowest BCUT2D eigenvalue weighted by atomic mass is 9.96. The van der Waals surface area contributed by atoms with Crippen LogP contribution in [-0.4, -0.2) is 102 Å². The van der Waals surface area contributed by atoms with Crippen LogP contribution in [0, 0.1) is 11.8 Å². The number of carbonyl (C=O) groups is 10. The first-order chi connectivity index (χ1) is 30.2. The van der Waals surface area contributed by atoms with Gasteiger partial charge in [-0.25, -0.2) is 0 Å². The second-order valence-electron chi connectivity index (χ2n) is 17.0. The van der Waals surface area contributed by atoms with Gasteiger partial charge in [-0.1, -0.05) is 88.4 Å². The van der Waals surface area contributed by atoms with Gasteiger partial charge < -0.3 is 47.2 Å². The van der Waals surface area contributed by atoms with Crippen molar-refractivity contribution in [2.24, 2.45) is 17.6 Å². The number of amides is 6. The van der Waals surface area contributed by atoms with E-state index in [9.17, 15) is 47.9 Å². The zero-order chi connectivity index (χ0) is 47.8. The highest BCUT2D eigenvalue weighted by Gasteiger charge is 2.30. The van der Waals surface area contributed by atoms with Gasteiger partial charge in [-0.15, -0.1) is 0 Å². The molecule has 8 N–H and O–H groups in total. The molecule has 2 aromatic rings. The van der Waals surface area contributed by atoms with Crippen molar-refractivity contribution in [1.82, 2.24) is 31.9 Å². The Morgan fingerprint density at radius 2 is 0.859 bits per heavy atom. The standard InChI is InChI=1S/C47H67N7O10/c1-29(2)23-36(40(57)20-17-31(5)55)53-46(63)38(25-33-13-9-7-10-14-33)51-43(60)27-49-42(59)22-19-35(48)45(62)50-28-44(61)52-39(26-34-15-11-8-12-16-34)47(64)54-37(24-30(3)4)41(58)21-18-32(6)56/h7-16,29-30,35-39H,17-28,48H2,1-6H3,(H,49,59)(H,50,62)(H,51,60)(H,52,61)(H,53,63)(H,54,64). The summed E-state index contributed by atoms with van der Waals surface area (Å²) in [4.78, 5) is 128. The maximum absolute atomic E-state index is 13.5. The smallest absolute Gasteiger partial charge is 0.243 e. The molecule has 0 saturated carbocycles. The van der Waals surface area contributed by atoms with Crippen LogP contribution in [0.3, 0.4) is 0 Å². The summed E-state index contributed by atoms with van der Waals surface area (Å²) in [5.41, 5.74) is 7.48. The van der Waals surface area contributed by atoms with Crippen LogP contribution in [-0.2, 0) is 60.8 Å². The lowest BCUT2D eigenvalue weighted by Gasteiger charge is -2.24. The topological polar surface area (TPSA) is 269 Å². The predicted octanol–water partition coefficient (Wildman–Crippen LogP) is 1.72. The molecule has 17 heteroatoms. The molecule has 0 bridgehead atoms. The number of hydrogen-bond acceptors (Lipinski definition) is 11. The second-order valence-corrected chi connectivity index (χ2v) is 17.0. The number of Topliss-reactive ketones (excluding diaryl/α,β-unsaturated/α-hetero) is 4. The fourth-order valence-electron chi connectivity index (χ4n) is 6.57. The second kappa shape index (κ2) is 28.6. The molecule has 2 rings (SSSR count). The molecule has 0 heterocycles. The number of hydrogen-bond donors (Lipinski definition) is 7. The Hall–Kier alpha value is -6.10. The summed E-state index contributed by atoms with van der Waals surface area (Å²) in [6, 6.07) is 12.6. The lowest BCUT2D eigenvalue weighted by molar-refractivity contribution is -0.132. The molecule has 64 heavy (non-hydrogen) atoms. The maximum atomic E-state index is 13.5. The van der Waals surface area contributed by atoms with E-state index in [1.165, 1.54) is 13.8 Å². The molecule has 0 spiro atoms. The van der Waals surface area contributed by atoms with Gasteiger partial charge in [0.2, 0.25) is 35.4 Å². The van der Waals surface area contributed by atoms with E-state index in [-0.39, 0.29) is 86.3 Å². The molecule has 5 unspecified atom stereocenters. The van der Waals surface area contributed by atoms with Crippen molar-refractivity contribution in [2.45, 2.75) is 136 Å². The lowest BCUT2D eigenvalue weighted by Crippen LogP contribution is -2.54. The molecular formula is C47H67N7O10. The highest BCUT2D eigenvalue weighted by Crippen LogP contribution is 2.13. The fourth-order valence-corrected chi connectivity index (χ4v) is 6.57. The molecule has 0 aliphatic heterocycles. The van der Waals surface area contributed by atoms with Crippen LogP contribution < -0.4 is 37.6 Å². The van der Waals surface area contributed by atoms with Crippen LogP contribution in [0.5, 0.6) is 0 Å². The Kier molecular flexibility index (Phi) is 24.1. The molecule has 2 aromatic carbocycles. The average Bonchev–Trinajstić information content (AvgIpc) is 3.24. The quantitative estimate of drug-likeness (QED) is 0.0594. The van der Waals surface area contributed by atoms with Crippen LogP contribution in [0.1, 0.15) is 104 Å². The van der Waals surface area contributed by atoms with E-state index in [1.54, 1.807) is 60.7 Å². The summed E-state index contributed by atoms with van der Waals surface area (Å²) in [5.74, 6) is -4.76. The number of carbonyl (C=O) groups excluding carboxylic acids is 10. The number of rotatable bonds is 30. The molecule has 0 saturated heterocycles. The van der Waals surface area contributed by atoms with Gasteiger partial charge >= 0.3 is 0 Å². The van der Waals surface area contributed by atoms with E-state index in [1.807, 2.05) is 27.7 Å². The van der Waals surface area contributed by atoms with Gasteiger partial charge in [0.05, 0.1) is 31.2 Å². The minimum absolute atomic E-state index is 0.0267. The van der Waals surface area contributed by atoms with Crippen LogP contribution >= 0.6 is 0 Å². The molecular weight excluding hydrogens is 823 g/mol. The van der Waals surface area contributed by atoms with Gasteiger partial charge in [0.15, 0.2) is 11.6 Å². The van der Waals surface area contributed by atoms with Gasteiger partial charge in [-0.3, -0.25) is 38.4 Å². The van der Waals surface area contributed by atoms with Crippen LogP contribution in [0.2, 0.25) is 0 Å². The van der Waals surface area contributed by atoms with Crippen molar-refractivity contribution in [3.05, 3.63) is 71.8 Å². The molecule has 0 radical (unpaired) electrons. The largest absolute Gasteiger partial charge is 0.347 e. The van der Waals surface area contributed by atoms with Gasteiger partial charge in [-0.05, 0) is 56.1 Å². The molecule has 6 amide bonds. The van der Waals surface area contributed by atoms with E-state index in [2.05, 4.69) is 31.9 Å². The zero-order valence-electron chi connectivity index (χ0n) is 38.0. The van der Waals surface area contributed by atoms with E-state index in [0.29, 0.717) is 12.8 Å². The number of benzene rings is 2. The number of ketones is 4. The minimum Gasteiger partial charge on any atom is -0.347 e. The predicted molar refractivity (Wildman–Crippen MR) is 240 cm³/mol. The molecule has 0 aromatic heterocycles. The molecule has 5 atom stereocenters. The molecule has 0 aliphatic carbocycles. The zero-order valence-corrected chi connectivity index (χ0v) is 38.0. The third-order valence-electron chi connectivity index (χ3n) is 10.0. The number of nitrogens with one attached hydrogen (secondary N) is 6. The van der Waals surface area contributed by atoms with E-state index < -0.39 is 78.7 Å². The highest BCUT2D eigenvalue weighted by molar-refractivity contribution is 5.96. The Balaban J connectivity index is 1.97. The highest BCUT2D eigenvalue weighted by atomic mass is 16.2. The third kappa shape index (κ3) is 22.3. The summed E-state index contributed by atoms with van der Waals surface area (Å²) in [5, 5.41) is 15.6. The molecule has 0 fully saturated rings. The Bertz CT molecular complexity index is 1910. The van der Waals surface area contributed by atoms with Crippen molar-refractivity contribution in [3.63, 3.8) is 0 Å².